The van der Waals surface area contributed by atoms with Crippen LogP contribution < -0.4 is 10.1 Å². The molecule has 16 heavy (non-hydrogen) atoms. The SMILES string of the molecule is COc1ccsc1CNCC1CCCN1C. The molecule has 1 atom stereocenters. The molecule has 0 amide bonds. The molecule has 2 rings (SSSR count). The number of likely N-dealkylation sites (N-methyl/N-ethyl adjacent to an activating group) is 1. The standard InChI is InChI=1S/C12H20N2OS/c1-14-6-3-4-10(14)8-13-9-12-11(15-2)5-7-16-12/h5,7,10,13H,3-4,6,8-9H2,1-2H3. The van der Waals surface area contributed by atoms with Gasteiger partial charge in [-0.3, -0.25) is 0 Å². The Bertz CT molecular complexity index is 327. The summed E-state index contributed by atoms with van der Waals surface area (Å²) in [6.45, 7) is 3.25. The molecule has 1 saturated heterocycles. The quantitative estimate of drug-likeness (QED) is 0.851. The molecular weight excluding hydrogens is 220 g/mol. The van der Waals surface area contributed by atoms with Crippen LogP contribution in [0.25, 0.3) is 0 Å². The fourth-order valence-corrected chi connectivity index (χ4v) is 3.04. The number of likely N-dealkylation sites (tertiary alicyclic amines) is 1. The molecule has 1 aromatic rings. The number of thiophene rings is 1. The van der Waals surface area contributed by atoms with Gasteiger partial charge in [0.2, 0.25) is 0 Å². The zero-order valence-electron chi connectivity index (χ0n) is 10.0. The maximum Gasteiger partial charge on any atom is 0.134 e. The van der Waals surface area contributed by atoms with Crippen molar-refractivity contribution in [3.8, 4) is 5.75 Å². The average Bonchev–Trinajstić information content (AvgIpc) is 2.88. The van der Waals surface area contributed by atoms with Crippen molar-refractivity contribution in [3.05, 3.63) is 16.3 Å². The molecule has 0 saturated carbocycles. The highest BCUT2D eigenvalue weighted by Gasteiger charge is 2.20. The largest absolute Gasteiger partial charge is 0.496 e. The molecule has 1 aliphatic rings. The Morgan fingerprint density at radius 2 is 2.50 bits per heavy atom. The Morgan fingerprint density at radius 3 is 3.19 bits per heavy atom. The third-order valence-electron chi connectivity index (χ3n) is 3.26. The first-order valence-electron chi connectivity index (χ1n) is 5.82. The van der Waals surface area contributed by atoms with Crippen molar-refractivity contribution < 1.29 is 4.74 Å². The van der Waals surface area contributed by atoms with Gasteiger partial charge in [0.15, 0.2) is 0 Å². The first-order valence-corrected chi connectivity index (χ1v) is 6.70. The van der Waals surface area contributed by atoms with E-state index >= 15 is 0 Å². The van der Waals surface area contributed by atoms with Gasteiger partial charge in [-0.15, -0.1) is 11.3 Å². The van der Waals surface area contributed by atoms with Gasteiger partial charge in [0.25, 0.3) is 0 Å². The summed E-state index contributed by atoms with van der Waals surface area (Å²) in [5, 5.41) is 5.60. The molecule has 1 aromatic heterocycles. The van der Waals surface area contributed by atoms with E-state index in [1.54, 1.807) is 18.4 Å². The van der Waals surface area contributed by atoms with Gasteiger partial charge in [0, 0.05) is 19.1 Å². The second kappa shape index (κ2) is 5.66. The summed E-state index contributed by atoms with van der Waals surface area (Å²) in [7, 11) is 3.95. The Labute approximate surface area is 101 Å². The van der Waals surface area contributed by atoms with Crippen molar-refractivity contribution in [2.24, 2.45) is 0 Å². The third-order valence-corrected chi connectivity index (χ3v) is 4.16. The maximum absolute atomic E-state index is 5.29. The second-order valence-electron chi connectivity index (χ2n) is 4.32. The maximum atomic E-state index is 5.29. The van der Waals surface area contributed by atoms with Gasteiger partial charge < -0.3 is 15.0 Å². The molecule has 4 heteroatoms. The smallest absolute Gasteiger partial charge is 0.134 e. The highest BCUT2D eigenvalue weighted by molar-refractivity contribution is 7.10. The van der Waals surface area contributed by atoms with E-state index in [1.165, 1.54) is 24.3 Å². The molecule has 0 aromatic carbocycles. The molecule has 0 radical (unpaired) electrons. The molecule has 1 aliphatic heterocycles. The van der Waals surface area contributed by atoms with E-state index in [0.29, 0.717) is 6.04 Å². The Hall–Kier alpha value is -0.580. The van der Waals surface area contributed by atoms with Gasteiger partial charge in [-0.25, -0.2) is 0 Å². The summed E-state index contributed by atoms with van der Waals surface area (Å²) in [6, 6.07) is 2.74. The fourth-order valence-electron chi connectivity index (χ4n) is 2.23. The van der Waals surface area contributed by atoms with Gasteiger partial charge in [-0.05, 0) is 37.9 Å². The van der Waals surface area contributed by atoms with Crippen LogP contribution in [0.5, 0.6) is 5.75 Å². The van der Waals surface area contributed by atoms with Crippen LogP contribution in [0.15, 0.2) is 11.4 Å². The zero-order valence-corrected chi connectivity index (χ0v) is 10.8. The van der Waals surface area contributed by atoms with Crippen LogP contribution in [-0.4, -0.2) is 38.2 Å². The van der Waals surface area contributed by atoms with E-state index in [9.17, 15) is 0 Å². The van der Waals surface area contributed by atoms with Crippen molar-refractivity contribution in [2.45, 2.75) is 25.4 Å². The summed E-state index contributed by atoms with van der Waals surface area (Å²) in [6.07, 6.45) is 2.66. The summed E-state index contributed by atoms with van der Waals surface area (Å²) < 4.78 is 5.29. The summed E-state index contributed by atoms with van der Waals surface area (Å²) >= 11 is 1.76. The lowest BCUT2D eigenvalue weighted by atomic mass is 10.2. The minimum absolute atomic E-state index is 0.714. The minimum Gasteiger partial charge on any atom is -0.496 e. The van der Waals surface area contributed by atoms with Crippen LogP contribution in [-0.2, 0) is 6.54 Å². The number of hydrogen-bond acceptors (Lipinski definition) is 4. The number of rotatable bonds is 5. The third kappa shape index (κ3) is 2.75. The van der Waals surface area contributed by atoms with E-state index in [4.69, 9.17) is 4.74 Å². The van der Waals surface area contributed by atoms with E-state index in [2.05, 4.69) is 22.6 Å². The fraction of sp³-hybridized carbons (Fsp3) is 0.667. The average molecular weight is 240 g/mol. The lowest BCUT2D eigenvalue weighted by molar-refractivity contribution is 0.300. The van der Waals surface area contributed by atoms with E-state index < -0.39 is 0 Å². The highest BCUT2D eigenvalue weighted by Crippen LogP contribution is 2.24. The van der Waals surface area contributed by atoms with Crippen LogP contribution in [0.4, 0.5) is 0 Å². The van der Waals surface area contributed by atoms with Crippen LogP contribution in [0.1, 0.15) is 17.7 Å². The highest BCUT2D eigenvalue weighted by atomic mass is 32.1. The molecule has 3 nitrogen and oxygen atoms in total. The molecule has 1 unspecified atom stereocenters. The lowest BCUT2D eigenvalue weighted by Crippen LogP contribution is -2.35. The summed E-state index contributed by atoms with van der Waals surface area (Å²) in [5.74, 6) is 1.01. The lowest BCUT2D eigenvalue weighted by Gasteiger charge is -2.19. The molecular formula is C12H20N2OS. The number of hydrogen-bond donors (Lipinski definition) is 1. The van der Waals surface area contributed by atoms with Gasteiger partial charge in [0.1, 0.15) is 5.75 Å². The monoisotopic (exact) mass is 240 g/mol. The van der Waals surface area contributed by atoms with Crippen LogP contribution in [0.2, 0.25) is 0 Å². The predicted molar refractivity (Wildman–Crippen MR) is 68.2 cm³/mol. The first kappa shape index (κ1) is 11.9. The van der Waals surface area contributed by atoms with Crippen molar-refractivity contribution in [1.29, 1.82) is 0 Å². The van der Waals surface area contributed by atoms with Crippen molar-refractivity contribution >= 4 is 11.3 Å². The van der Waals surface area contributed by atoms with Crippen LogP contribution in [0.3, 0.4) is 0 Å². The molecule has 90 valence electrons. The Balaban J connectivity index is 1.75. The zero-order chi connectivity index (χ0) is 11.4. The van der Waals surface area contributed by atoms with Gasteiger partial charge in [0.05, 0.1) is 12.0 Å². The molecule has 0 spiro atoms. The van der Waals surface area contributed by atoms with Crippen LogP contribution in [0, 0.1) is 0 Å². The minimum atomic E-state index is 0.714. The topological polar surface area (TPSA) is 24.5 Å². The summed E-state index contributed by atoms with van der Waals surface area (Å²) in [4.78, 5) is 3.74. The van der Waals surface area contributed by atoms with Crippen molar-refractivity contribution in [2.75, 3.05) is 27.2 Å². The van der Waals surface area contributed by atoms with E-state index in [0.717, 1.165) is 18.8 Å². The normalized spacial score (nSPS) is 21.5. The van der Waals surface area contributed by atoms with Crippen molar-refractivity contribution in [1.82, 2.24) is 10.2 Å². The van der Waals surface area contributed by atoms with Gasteiger partial charge in [-0.2, -0.15) is 0 Å². The number of nitrogens with zero attached hydrogens (tertiary/aromatic N) is 1. The molecule has 0 bridgehead atoms. The number of methoxy groups -OCH3 is 1. The second-order valence-corrected chi connectivity index (χ2v) is 5.32. The van der Waals surface area contributed by atoms with Crippen molar-refractivity contribution in [3.63, 3.8) is 0 Å². The van der Waals surface area contributed by atoms with E-state index in [-0.39, 0.29) is 0 Å². The Morgan fingerprint density at radius 1 is 1.62 bits per heavy atom. The molecule has 0 aliphatic carbocycles. The number of ether oxygens (including phenoxy) is 1. The van der Waals surface area contributed by atoms with E-state index in [1.807, 2.05) is 6.07 Å². The summed E-state index contributed by atoms with van der Waals surface area (Å²) in [5.41, 5.74) is 0. The predicted octanol–water partition coefficient (Wildman–Crippen LogP) is 1.94. The molecule has 2 heterocycles. The Kier molecular flexibility index (Phi) is 4.21. The first-order chi connectivity index (χ1) is 7.81. The molecule has 1 N–H and O–H groups in total. The van der Waals surface area contributed by atoms with Gasteiger partial charge in [-0.1, -0.05) is 0 Å². The number of nitrogens with one attached hydrogen (secondary N) is 1. The molecule has 1 fully saturated rings. The van der Waals surface area contributed by atoms with Crippen LogP contribution >= 0.6 is 11.3 Å². The van der Waals surface area contributed by atoms with Gasteiger partial charge >= 0.3 is 0 Å².